The maximum atomic E-state index is 13.2. The lowest BCUT2D eigenvalue weighted by atomic mass is 10.1. The highest BCUT2D eigenvalue weighted by atomic mass is 32.1. The van der Waals surface area contributed by atoms with Crippen molar-refractivity contribution in [3.63, 3.8) is 0 Å². The molecule has 1 N–H and O–H groups in total. The minimum atomic E-state index is -0.185. The second-order valence-corrected chi connectivity index (χ2v) is 8.09. The number of nitrogens with zero attached hydrogens (tertiary/aromatic N) is 3. The van der Waals surface area contributed by atoms with Gasteiger partial charge in [-0.15, -0.1) is 11.3 Å². The van der Waals surface area contributed by atoms with E-state index in [9.17, 15) is 4.79 Å². The number of para-hydroxylation sites is 1. The Morgan fingerprint density at radius 3 is 2.97 bits per heavy atom. The molecule has 0 saturated heterocycles. The third kappa shape index (κ3) is 3.43. The molecule has 0 saturated carbocycles. The van der Waals surface area contributed by atoms with Crippen LogP contribution in [0.25, 0.3) is 22.4 Å². The Labute approximate surface area is 172 Å². The molecule has 1 amide bonds. The van der Waals surface area contributed by atoms with Crippen LogP contribution in [0.3, 0.4) is 0 Å². The van der Waals surface area contributed by atoms with Crippen LogP contribution in [-0.4, -0.2) is 33.9 Å². The number of carbonyl (C=O) groups is 1. The van der Waals surface area contributed by atoms with Gasteiger partial charge in [-0.3, -0.25) is 15.0 Å². The molecule has 4 heterocycles. The van der Waals surface area contributed by atoms with Crippen LogP contribution in [0.1, 0.15) is 27.9 Å². The number of hydrogen-bond acceptors (Lipinski definition) is 6. The van der Waals surface area contributed by atoms with Crippen molar-refractivity contribution in [2.75, 3.05) is 18.4 Å². The first-order valence-corrected chi connectivity index (χ1v) is 10.5. The third-order valence-corrected chi connectivity index (χ3v) is 6.21. The highest BCUT2D eigenvalue weighted by Gasteiger charge is 2.21. The quantitative estimate of drug-likeness (QED) is 0.539. The normalized spacial score (nSPS) is 14.1. The number of hydrogen-bond donors (Lipinski definition) is 1. The molecule has 0 bridgehead atoms. The number of likely N-dealkylation sites (N-methyl/N-ethyl adjacent to an activating group) is 1. The van der Waals surface area contributed by atoms with Crippen LogP contribution >= 0.6 is 11.3 Å². The van der Waals surface area contributed by atoms with Gasteiger partial charge in [0.05, 0.1) is 23.0 Å². The fourth-order valence-electron chi connectivity index (χ4n) is 3.65. The number of rotatable bonds is 4. The van der Waals surface area contributed by atoms with E-state index in [1.54, 1.807) is 23.7 Å². The van der Waals surface area contributed by atoms with Crippen molar-refractivity contribution in [3.05, 3.63) is 64.9 Å². The van der Waals surface area contributed by atoms with Crippen molar-refractivity contribution in [3.8, 4) is 11.5 Å². The zero-order valence-corrected chi connectivity index (χ0v) is 16.8. The van der Waals surface area contributed by atoms with Crippen LogP contribution in [0.15, 0.2) is 53.1 Å². The molecule has 0 fully saturated rings. The summed E-state index contributed by atoms with van der Waals surface area (Å²) in [5.41, 5.74) is 3.05. The van der Waals surface area contributed by atoms with Gasteiger partial charge in [-0.05, 0) is 30.8 Å². The second-order valence-electron chi connectivity index (χ2n) is 7.01. The van der Waals surface area contributed by atoms with Crippen LogP contribution < -0.4 is 5.32 Å². The zero-order valence-electron chi connectivity index (χ0n) is 16.0. The summed E-state index contributed by atoms with van der Waals surface area (Å²) in [5, 5.41) is 4.46. The van der Waals surface area contributed by atoms with E-state index in [1.807, 2.05) is 36.4 Å². The maximum Gasteiger partial charge on any atom is 0.258 e. The first-order valence-electron chi connectivity index (χ1n) is 9.67. The van der Waals surface area contributed by atoms with Crippen LogP contribution in [0.5, 0.6) is 0 Å². The Bertz CT molecular complexity index is 1180. The number of fused-ring (bicyclic) bond motifs is 2. The SMILES string of the molecule is CCN1CCc2nc(NC(=O)c3cc(-c4ccco4)nc4ccccc34)sc2C1. The van der Waals surface area contributed by atoms with Gasteiger partial charge < -0.3 is 4.42 Å². The van der Waals surface area contributed by atoms with Crippen molar-refractivity contribution in [1.29, 1.82) is 0 Å². The number of pyridine rings is 1. The van der Waals surface area contributed by atoms with E-state index in [0.717, 1.165) is 42.7 Å². The van der Waals surface area contributed by atoms with Gasteiger partial charge in [0.15, 0.2) is 10.9 Å². The Morgan fingerprint density at radius 2 is 2.14 bits per heavy atom. The lowest BCUT2D eigenvalue weighted by Gasteiger charge is -2.23. The summed E-state index contributed by atoms with van der Waals surface area (Å²) in [6, 6.07) is 13.1. The number of aromatic nitrogens is 2. The average Bonchev–Trinajstić information content (AvgIpc) is 3.42. The molecule has 0 atom stereocenters. The summed E-state index contributed by atoms with van der Waals surface area (Å²) in [6.45, 7) is 5.11. The number of thiazole rings is 1. The fourth-order valence-corrected chi connectivity index (χ4v) is 4.70. The smallest absolute Gasteiger partial charge is 0.258 e. The van der Waals surface area contributed by atoms with Gasteiger partial charge in [-0.25, -0.2) is 9.97 Å². The number of furan rings is 1. The van der Waals surface area contributed by atoms with Crippen molar-refractivity contribution in [1.82, 2.24) is 14.9 Å². The first-order chi connectivity index (χ1) is 14.2. The van der Waals surface area contributed by atoms with Gasteiger partial charge in [0.1, 0.15) is 5.69 Å². The summed E-state index contributed by atoms with van der Waals surface area (Å²) >= 11 is 1.57. The predicted octanol–water partition coefficient (Wildman–Crippen LogP) is 4.58. The molecule has 29 heavy (non-hydrogen) atoms. The van der Waals surface area contributed by atoms with Gasteiger partial charge in [0.2, 0.25) is 0 Å². The maximum absolute atomic E-state index is 13.2. The molecule has 0 radical (unpaired) electrons. The van der Waals surface area contributed by atoms with E-state index >= 15 is 0 Å². The molecule has 0 aliphatic carbocycles. The van der Waals surface area contributed by atoms with Crippen molar-refractivity contribution in [2.45, 2.75) is 19.9 Å². The van der Waals surface area contributed by atoms with E-state index in [2.05, 4.69) is 27.1 Å². The number of amides is 1. The second kappa shape index (κ2) is 7.42. The Balaban J connectivity index is 1.49. The number of carbonyl (C=O) groups excluding carboxylic acids is 1. The molecule has 1 aromatic carbocycles. The zero-order chi connectivity index (χ0) is 19.8. The molecule has 3 aromatic heterocycles. The molecule has 1 aliphatic rings. The summed E-state index contributed by atoms with van der Waals surface area (Å²) in [7, 11) is 0. The lowest BCUT2D eigenvalue weighted by molar-refractivity contribution is 0.102. The van der Waals surface area contributed by atoms with Crippen LogP contribution in [0.4, 0.5) is 5.13 Å². The van der Waals surface area contributed by atoms with Gasteiger partial charge in [-0.1, -0.05) is 25.1 Å². The van der Waals surface area contributed by atoms with E-state index < -0.39 is 0 Å². The van der Waals surface area contributed by atoms with Crippen LogP contribution in [-0.2, 0) is 13.0 Å². The number of anilines is 1. The molecule has 6 nitrogen and oxygen atoms in total. The summed E-state index contributed by atoms with van der Waals surface area (Å²) in [5.74, 6) is 0.448. The largest absolute Gasteiger partial charge is 0.463 e. The fraction of sp³-hybridized carbons (Fsp3) is 0.227. The molecular formula is C22H20N4O2S. The Kier molecular flexibility index (Phi) is 4.61. The molecule has 7 heteroatoms. The standard InChI is InChI=1S/C22H20N4O2S/c1-2-26-10-9-17-20(13-26)29-22(24-17)25-21(27)15-12-18(19-8-5-11-28-19)23-16-7-4-3-6-14(15)16/h3-8,11-12H,2,9-10,13H2,1H3,(H,24,25,27). The minimum Gasteiger partial charge on any atom is -0.463 e. The molecule has 5 rings (SSSR count). The van der Waals surface area contributed by atoms with Crippen molar-refractivity contribution in [2.24, 2.45) is 0 Å². The van der Waals surface area contributed by atoms with Crippen molar-refractivity contribution < 1.29 is 9.21 Å². The van der Waals surface area contributed by atoms with Gasteiger partial charge in [0, 0.05) is 29.8 Å². The van der Waals surface area contributed by atoms with Gasteiger partial charge >= 0.3 is 0 Å². The lowest BCUT2D eigenvalue weighted by Crippen LogP contribution is -2.29. The number of benzene rings is 1. The minimum absolute atomic E-state index is 0.185. The molecular weight excluding hydrogens is 384 g/mol. The van der Waals surface area contributed by atoms with E-state index in [4.69, 9.17) is 4.42 Å². The number of nitrogens with one attached hydrogen (secondary N) is 1. The van der Waals surface area contributed by atoms with E-state index in [1.165, 1.54) is 4.88 Å². The summed E-state index contributed by atoms with van der Waals surface area (Å²) in [6.07, 6.45) is 2.53. The Morgan fingerprint density at radius 1 is 1.24 bits per heavy atom. The molecule has 146 valence electrons. The average molecular weight is 404 g/mol. The monoisotopic (exact) mass is 404 g/mol. The summed E-state index contributed by atoms with van der Waals surface area (Å²) in [4.78, 5) is 26.1. The first kappa shape index (κ1) is 18.0. The van der Waals surface area contributed by atoms with E-state index in [-0.39, 0.29) is 5.91 Å². The topological polar surface area (TPSA) is 71.3 Å². The molecule has 1 aliphatic heterocycles. The van der Waals surface area contributed by atoms with Gasteiger partial charge in [0.25, 0.3) is 5.91 Å². The van der Waals surface area contributed by atoms with Crippen molar-refractivity contribution >= 4 is 33.3 Å². The highest BCUT2D eigenvalue weighted by molar-refractivity contribution is 7.15. The highest BCUT2D eigenvalue weighted by Crippen LogP contribution is 2.30. The summed E-state index contributed by atoms with van der Waals surface area (Å²) < 4.78 is 5.49. The Hall–Kier alpha value is -3.03. The third-order valence-electron chi connectivity index (χ3n) is 5.21. The van der Waals surface area contributed by atoms with Gasteiger partial charge in [-0.2, -0.15) is 0 Å². The molecule has 0 unspecified atom stereocenters. The molecule has 0 spiro atoms. The van der Waals surface area contributed by atoms with Crippen LogP contribution in [0.2, 0.25) is 0 Å². The van der Waals surface area contributed by atoms with E-state index in [0.29, 0.717) is 22.1 Å². The predicted molar refractivity (Wildman–Crippen MR) is 114 cm³/mol. The van der Waals surface area contributed by atoms with Crippen LogP contribution in [0, 0.1) is 0 Å². The molecule has 4 aromatic rings.